The van der Waals surface area contributed by atoms with Crippen LogP contribution in [0.15, 0.2) is 0 Å². The lowest BCUT2D eigenvalue weighted by Gasteiger charge is -2.14. The molecule has 0 heterocycles. The van der Waals surface area contributed by atoms with Crippen LogP contribution in [0.4, 0.5) is 0 Å². The van der Waals surface area contributed by atoms with Crippen molar-refractivity contribution in [3.05, 3.63) is 0 Å². The standard InChI is InChI=1S/C25H48O6/c1-4-6-8-10-12-14-16-24(26)30-19-18-28-22-23(3)29-20-21-31-25(27)17-15-13-11-9-7-5-2/h23H,4-22H2,1-3H3. The Morgan fingerprint density at radius 3 is 1.58 bits per heavy atom. The van der Waals surface area contributed by atoms with Gasteiger partial charge in [-0.1, -0.05) is 78.1 Å². The molecule has 0 saturated heterocycles. The van der Waals surface area contributed by atoms with Crippen molar-refractivity contribution in [1.29, 1.82) is 0 Å². The van der Waals surface area contributed by atoms with Gasteiger partial charge in [-0.3, -0.25) is 9.59 Å². The molecule has 6 nitrogen and oxygen atoms in total. The summed E-state index contributed by atoms with van der Waals surface area (Å²) in [5.74, 6) is -0.295. The van der Waals surface area contributed by atoms with E-state index in [0.29, 0.717) is 32.7 Å². The summed E-state index contributed by atoms with van der Waals surface area (Å²) in [7, 11) is 0. The van der Waals surface area contributed by atoms with Gasteiger partial charge in [0.1, 0.15) is 13.2 Å². The Bertz CT molecular complexity index is 413. The lowest BCUT2D eigenvalue weighted by molar-refractivity contribution is -0.148. The SMILES string of the molecule is CCCCCCCCC(=O)OCCOCC(C)OCCOC(=O)CCCCCCCC. The Hall–Kier alpha value is -1.14. The molecular weight excluding hydrogens is 396 g/mol. The predicted octanol–water partition coefficient (Wildman–Crippen LogP) is 6.00. The van der Waals surface area contributed by atoms with E-state index in [0.717, 1.165) is 25.7 Å². The van der Waals surface area contributed by atoms with Crippen LogP contribution in [0.5, 0.6) is 0 Å². The number of rotatable bonds is 23. The number of hydrogen-bond donors (Lipinski definition) is 0. The van der Waals surface area contributed by atoms with E-state index in [-0.39, 0.29) is 31.3 Å². The van der Waals surface area contributed by atoms with Crippen LogP contribution >= 0.6 is 0 Å². The summed E-state index contributed by atoms with van der Waals surface area (Å²) in [5, 5.41) is 0. The molecule has 0 aromatic rings. The number of esters is 2. The molecule has 0 N–H and O–H groups in total. The van der Waals surface area contributed by atoms with Gasteiger partial charge >= 0.3 is 11.9 Å². The van der Waals surface area contributed by atoms with Gasteiger partial charge in [-0.15, -0.1) is 0 Å². The van der Waals surface area contributed by atoms with Gasteiger partial charge in [0.2, 0.25) is 0 Å². The topological polar surface area (TPSA) is 71.1 Å². The van der Waals surface area contributed by atoms with Gasteiger partial charge in [-0.25, -0.2) is 0 Å². The number of unbranched alkanes of at least 4 members (excludes halogenated alkanes) is 10. The molecule has 184 valence electrons. The molecule has 0 aromatic heterocycles. The van der Waals surface area contributed by atoms with Crippen molar-refractivity contribution >= 4 is 11.9 Å². The van der Waals surface area contributed by atoms with Crippen molar-refractivity contribution in [3.63, 3.8) is 0 Å². The van der Waals surface area contributed by atoms with Crippen molar-refractivity contribution in [2.24, 2.45) is 0 Å². The minimum atomic E-state index is -0.147. The zero-order valence-electron chi connectivity index (χ0n) is 20.5. The first kappa shape index (κ1) is 29.9. The average Bonchev–Trinajstić information content (AvgIpc) is 2.76. The molecule has 0 bridgehead atoms. The fourth-order valence-corrected chi connectivity index (χ4v) is 3.16. The highest BCUT2D eigenvalue weighted by Gasteiger charge is 2.06. The van der Waals surface area contributed by atoms with Crippen LogP contribution in [0.1, 0.15) is 111 Å². The summed E-state index contributed by atoms with van der Waals surface area (Å²) >= 11 is 0. The Balaban J connectivity index is 3.39. The van der Waals surface area contributed by atoms with Gasteiger partial charge in [0.25, 0.3) is 0 Å². The van der Waals surface area contributed by atoms with E-state index >= 15 is 0 Å². The molecular formula is C25H48O6. The molecule has 0 aliphatic heterocycles. The molecule has 31 heavy (non-hydrogen) atoms. The summed E-state index contributed by atoms with van der Waals surface area (Å²) in [6.07, 6.45) is 14.8. The third-order valence-electron chi connectivity index (χ3n) is 5.06. The van der Waals surface area contributed by atoms with E-state index in [9.17, 15) is 9.59 Å². The predicted molar refractivity (Wildman–Crippen MR) is 124 cm³/mol. The fourth-order valence-electron chi connectivity index (χ4n) is 3.16. The molecule has 0 aliphatic carbocycles. The molecule has 0 spiro atoms. The van der Waals surface area contributed by atoms with E-state index in [1.807, 2.05) is 6.92 Å². The van der Waals surface area contributed by atoms with Crippen LogP contribution in [-0.4, -0.2) is 51.1 Å². The Morgan fingerprint density at radius 1 is 0.613 bits per heavy atom. The molecule has 0 amide bonds. The third kappa shape index (κ3) is 23.4. The second-order valence-electron chi connectivity index (χ2n) is 8.23. The molecule has 6 heteroatoms. The fraction of sp³-hybridized carbons (Fsp3) is 0.920. The smallest absolute Gasteiger partial charge is 0.305 e. The van der Waals surface area contributed by atoms with Crippen LogP contribution in [0, 0.1) is 0 Å². The van der Waals surface area contributed by atoms with Gasteiger partial charge in [0.05, 0.1) is 25.9 Å². The zero-order valence-corrected chi connectivity index (χ0v) is 20.5. The van der Waals surface area contributed by atoms with E-state index in [2.05, 4.69) is 13.8 Å². The summed E-state index contributed by atoms with van der Waals surface area (Å²) in [6.45, 7) is 7.99. The average molecular weight is 445 g/mol. The molecule has 0 fully saturated rings. The normalized spacial score (nSPS) is 12.0. The maximum atomic E-state index is 11.7. The van der Waals surface area contributed by atoms with Crippen molar-refractivity contribution in [2.75, 3.05) is 33.0 Å². The molecule has 0 rings (SSSR count). The highest BCUT2D eigenvalue weighted by Crippen LogP contribution is 2.08. The number of carbonyl (C=O) groups is 2. The third-order valence-corrected chi connectivity index (χ3v) is 5.06. The highest BCUT2D eigenvalue weighted by atomic mass is 16.6. The Morgan fingerprint density at radius 2 is 1.06 bits per heavy atom. The number of ether oxygens (including phenoxy) is 4. The summed E-state index contributed by atoms with van der Waals surface area (Å²) in [5.41, 5.74) is 0. The van der Waals surface area contributed by atoms with Gasteiger partial charge < -0.3 is 18.9 Å². The van der Waals surface area contributed by atoms with Gasteiger partial charge in [-0.2, -0.15) is 0 Å². The van der Waals surface area contributed by atoms with Crippen LogP contribution in [0.25, 0.3) is 0 Å². The van der Waals surface area contributed by atoms with Crippen LogP contribution in [-0.2, 0) is 28.5 Å². The molecule has 0 radical (unpaired) electrons. The monoisotopic (exact) mass is 444 g/mol. The lowest BCUT2D eigenvalue weighted by Crippen LogP contribution is -2.21. The minimum absolute atomic E-state index is 0.101. The lowest BCUT2D eigenvalue weighted by atomic mass is 10.1. The van der Waals surface area contributed by atoms with Gasteiger partial charge in [-0.05, 0) is 19.8 Å². The number of carbonyl (C=O) groups excluding carboxylic acids is 2. The molecule has 0 saturated carbocycles. The van der Waals surface area contributed by atoms with Crippen molar-refractivity contribution in [3.8, 4) is 0 Å². The summed E-state index contributed by atoms with van der Waals surface area (Å²) in [4.78, 5) is 23.3. The van der Waals surface area contributed by atoms with E-state index in [4.69, 9.17) is 18.9 Å². The molecule has 0 aromatic carbocycles. The first-order chi connectivity index (χ1) is 15.1. The molecule has 0 aliphatic rings. The van der Waals surface area contributed by atoms with Crippen molar-refractivity contribution < 1.29 is 28.5 Å². The maximum Gasteiger partial charge on any atom is 0.305 e. The zero-order chi connectivity index (χ0) is 23.0. The summed E-state index contributed by atoms with van der Waals surface area (Å²) < 4.78 is 21.4. The Labute approximate surface area is 190 Å². The summed E-state index contributed by atoms with van der Waals surface area (Å²) in [6, 6.07) is 0. The minimum Gasteiger partial charge on any atom is -0.463 e. The van der Waals surface area contributed by atoms with E-state index in [1.54, 1.807) is 0 Å². The molecule has 1 unspecified atom stereocenters. The maximum absolute atomic E-state index is 11.7. The first-order valence-corrected chi connectivity index (χ1v) is 12.6. The van der Waals surface area contributed by atoms with Crippen LogP contribution in [0.3, 0.4) is 0 Å². The first-order valence-electron chi connectivity index (χ1n) is 12.6. The molecule has 1 atom stereocenters. The second-order valence-corrected chi connectivity index (χ2v) is 8.23. The van der Waals surface area contributed by atoms with Crippen LogP contribution in [0.2, 0.25) is 0 Å². The largest absolute Gasteiger partial charge is 0.463 e. The van der Waals surface area contributed by atoms with E-state index in [1.165, 1.54) is 51.4 Å². The number of hydrogen-bond acceptors (Lipinski definition) is 6. The van der Waals surface area contributed by atoms with Crippen molar-refractivity contribution in [2.45, 2.75) is 117 Å². The van der Waals surface area contributed by atoms with Crippen LogP contribution < -0.4 is 0 Å². The van der Waals surface area contributed by atoms with Gasteiger partial charge in [0, 0.05) is 12.8 Å². The van der Waals surface area contributed by atoms with Crippen molar-refractivity contribution in [1.82, 2.24) is 0 Å². The van der Waals surface area contributed by atoms with Gasteiger partial charge in [0.15, 0.2) is 0 Å². The second kappa shape index (κ2) is 23.5. The quantitative estimate of drug-likeness (QED) is 0.142. The van der Waals surface area contributed by atoms with E-state index < -0.39 is 0 Å². The Kier molecular flexibility index (Phi) is 22.7. The highest BCUT2D eigenvalue weighted by molar-refractivity contribution is 5.69.